The molecule has 1 aromatic carbocycles. The van der Waals surface area contributed by atoms with Crippen molar-refractivity contribution in [1.82, 2.24) is 5.32 Å². The van der Waals surface area contributed by atoms with Gasteiger partial charge in [0.2, 0.25) is 5.91 Å². The molecule has 18 heavy (non-hydrogen) atoms. The molecule has 1 unspecified atom stereocenters. The van der Waals surface area contributed by atoms with Gasteiger partial charge in [0.1, 0.15) is 11.6 Å². The van der Waals surface area contributed by atoms with E-state index >= 15 is 0 Å². The number of carbonyl (C=O) groups is 1. The predicted molar refractivity (Wildman–Crippen MR) is 63.5 cm³/mol. The van der Waals surface area contributed by atoms with Crippen LogP contribution in [0.5, 0.6) is 0 Å². The quantitative estimate of drug-likeness (QED) is 0.840. The second-order valence-corrected chi connectivity index (χ2v) is 4.74. The predicted octanol–water partition coefficient (Wildman–Crippen LogP) is 1.71. The summed E-state index contributed by atoms with van der Waals surface area (Å²) in [6.07, 6.45) is 2.94. The van der Waals surface area contributed by atoms with Crippen molar-refractivity contribution in [2.75, 3.05) is 0 Å². The van der Waals surface area contributed by atoms with Gasteiger partial charge >= 0.3 is 0 Å². The zero-order chi connectivity index (χ0) is 13.1. The number of hydrogen-bond donors (Lipinski definition) is 2. The molecule has 0 aliphatic heterocycles. The lowest BCUT2D eigenvalue weighted by atomic mass is 10.1. The number of carbonyl (C=O) groups excluding carboxylic acids is 1. The Bertz CT molecular complexity index is 447. The Kier molecular flexibility index (Phi) is 3.91. The monoisotopic (exact) mass is 254 g/mol. The smallest absolute Gasteiger partial charge is 0.237 e. The molecule has 0 spiro atoms. The first-order chi connectivity index (χ1) is 8.56. The highest BCUT2D eigenvalue weighted by molar-refractivity contribution is 5.81. The normalized spacial score (nSPS) is 16.4. The average Bonchev–Trinajstić information content (AvgIpc) is 3.11. The van der Waals surface area contributed by atoms with Crippen LogP contribution in [-0.2, 0) is 11.3 Å². The molecule has 0 heterocycles. The SMILES string of the molecule is NC(CC1CC1)C(=O)NCc1ccc(F)cc1F. The van der Waals surface area contributed by atoms with E-state index in [1.54, 1.807) is 0 Å². The van der Waals surface area contributed by atoms with E-state index in [9.17, 15) is 13.6 Å². The Morgan fingerprint density at radius 3 is 2.78 bits per heavy atom. The minimum absolute atomic E-state index is 0.0311. The van der Waals surface area contributed by atoms with Crippen LogP contribution in [0.25, 0.3) is 0 Å². The van der Waals surface area contributed by atoms with E-state index in [-0.39, 0.29) is 18.0 Å². The Labute approximate surface area is 104 Å². The highest BCUT2D eigenvalue weighted by atomic mass is 19.1. The third-order valence-corrected chi connectivity index (χ3v) is 3.09. The summed E-state index contributed by atoms with van der Waals surface area (Å²) in [5.74, 6) is -1.02. The number of rotatable bonds is 5. The number of nitrogens with two attached hydrogens (primary N) is 1. The van der Waals surface area contributed by atoms with Gasteiger partial charge in [-0.25, -0.2) is 8.78 Å². The fraction of sp³-hybridized carbons (Fsp3) is 0.462. The topological polar surface area (TPSA) is 55.1 Å². The van der Waals surface area contributed by atoms with Gasteiger partial charge in [-0.15, -0.1) is 0 Å². The summed E-state index contributed by atoms with van der Waals surface area (Å²) in [6, 6.07) is 2.73. The molecule has 1 aromatic rings. The van der Waals surface area contributed by atoms with E-state index < -0.39 is 17.7 Å². The van der Waals surface area contributed by atoms with Crippen LogP contribution in [-0.4, -0.2) is 11.9 Å². The molecule has 1 aliphatic carbocycles. The first-order valence-electron chi connectivity index (χ1n) is 6.03. The van der Waals surface area contributed by atoms with Crippen LogP contribution in [0, 0.1) is 17.6 Å². The molecular formula is C13H16F2N2O. The van der Waals surface area contributed by atoms with Crippen LogP contribution in [0.2, 0.25) is 0 Å². The fourth-order valence-corrected chi connectivity index (χ4v) is 1.80. The van der Waals surface area contributed by atoms with Gasteiger partial charge < -0.3 is 11.1 Å². The number of benzene rings is 1. The molecular weight excluding hydrogens is 238 g/mol. The maximum Gasteiger partial charge on any atom is 0.237 e. The summed E-state index contributed by atoms with van der Waals surface area (Å²) in [4.78, 5) is 11.6. The molecule has 0 radical (unpaired) electrons. The lowest BCUT2D eigenvalue weighted by molar-refractivity contribution is -0.122. The van der Waals surface area contributed by atoms with Gasteiger partial charge in [-0.3, -0.25) is 4.79 Å². The van der Waals surface area contributed by atoms with Crippen molar-refractivity contribution in [3.8, 4) is 0 Å². The minimum atomic E-state index is -0.661. The molecule has 1 fully saturated rings. The van der Waals surface area contributed by atoms with E-state index in [0.717, 1.165) is 25.0 Å². The lowest BCUT2D eigenvalue weighted by Crippen LogP contribution is -2.40. The highest BCUT2D eigenvalue weighted by Gasteiger charge is 2.26. The maximum absolute atomic E-state index is 13.3. The number of halogens is 2. The summed E-state index contributed by atoms with van der Waals surface area (Å²) in [7, 11) is 0. The average molecular weight is 254 g/mol. The van der Waals surface area contributed by atoms with E-state index in [4.69, 9.17) is 5.73 Å². The van der Waals surface area contributed by atoms with Crippen molar-refractivity contribution in [2.45, 2.75) is 31.8 Å². The zero-order valence-corrected chi connectivity index (χ0v) is 9.96. The van der Waals surface area contributed by atoms with Crippen LogP contribution in [0.3, 0.4) is 0 Å². The molecule has 0 bridgehead atoms. The molecule has 0 saturated heterocycles. The van der Waals surface area contributed by atoms with Gasteiger partial charge in [-0.2, -0.15) is 0 Å². The van der Waals surface area contributed by atoms with Crippen molar-refractivity contribution in [1.29, 1.82) is 0 Å². The van der Waals surface area contributed by atoms with Crippen molar-refractivity contribution in [2.24, 2.45) is 11.7 Å². The van der Waals surface area contributed by atoms with Gasteiger partial charge in [0, 0.05) is 18.2 Å². The first-order valence-corrected chi connectivity index (χ1v) is 6.03. The van der Waals surface area contributed by atoms with E-state index in [2.05, 4.69) is 5.32 Å². The molecule has 1 aliphatic rings. The molecule has 1 atom stereocenters. The fourth-order valence-electron chi connectivity index (χ4n) is 1.80. The standard InChI is InChI=1S/C13H16F2N2O/c14-10-4-3-9(11(15)6-10)7-17-13(18)12(16)5-8-1-2-8/h3-4,6,8,12H,1-2,5,7,16H2,(H,17,18). The Morgan fingerprint density at radius 1 is 1.44 bits per heavy atom. The van der Waals surface area contributed by atoms with Gasteiger partial charge in [-0.1, -0.05) is 18.9 Å². The molecule has 3 N–H and O–H groups in total. The van der Waals surface area contributed by atoms with Crippen LogP contribution in [0.15, 0.2) is 18.2 Å². The molecule has 1 saturated carbocycles. The first kappa shape index (κ1) is 13.0. The molecule has 5 heteroatoms. The lowest BCUT2D eigenvalue weighted by Gasteiger charge is -2.12. The van der Waals surface area contributed by atoms with Crippen molar-refractivity contribution in [3.05, 3.63) is 35.4 Å². The molecule has 2 rings (SSSR count). The van der Waals surface area contributed by atoms with Gasteiger partial charge in [-0.05, 0) is 18.4 Å². The van der Waals surface area contributed by atoms with Crippen LogP contribution in [0.1, 0.15) is 24.8 Å². The Balaban J connectivity index is 1.84. The summed E-state index contributed by atoms with van der Waals surface area (Å²) < 4.78 is 26.0. The second-order valence-electron chi connectivity index (χ2n) is 4.74. The minimum Gasteiger partial charge on any atom is -0.351 e. The van der Waals surface area contributed by atoms with E-state index in [1.807, 2.05) is 0 Å². The summed E-state index contributed by atoms with van der Waals surface area (Å²) in [6.45, 7) is 0.0311. The van der Waals surface area contributed by atoms with E-state index in [0.29, 0.717) is 12.3 Å². The van der Waals surface area contributed by atoms with Crippen molar-refractivity contribution < 1.29 is 13.6 Å². The largest absolute Gasteiger partial charge is 0.351 e. The molecule has 0 aromatic heterocycles. The van der Waals surface area contributed by atoms with Crippen molar-refractivity contribution >= 4 is 5.91 Å². The van der Waals surface area contributed by atoms with Crippen LogP contribution in [0.4, 0.5) is 8.78 Å². The zero-order valence-electron chi connectivity index (χ0n) is 9.96. The summed E-state index contributed by atoms with van der Waals surface area (Å²) in [5, 5.41) is 2.57. The molecule has 1 amide bonds. The maximum atomic E-state index is 13.3. The molecule has 98 valence electrons. The van der Waals surface area contributed by atoms with Crippen molar-refractivity contribution in [3.63, 3.8) is 0 Å². The molecule has 3 nitrogen and oxygen atoms in total. The summed E-state index contributed by atoms with van der Waals surface area (Å²) >= 11 is 0. The third-order valence-electron chi connectivity index (χ3n) is 3.09. The van der Waals surface area contributed by atoms with Gasteiger partial charge in [0.15, 0.2) is 0 Å². The Morgan fingerprint density at radius 2 is 2.17 bits per heavy atom. The number of hydrogen-bond acceptors (Lipinski definition) is 2. The number of nitrogens with one attached hydrogen (secondary N) is 1. The van der Waals surface area contributed by atoms with Gasteiger partial charge in [0.05, 0.1) is 6.04 Å². The number of amides is 1. The second kappa shape index (κ2) is 5.44. The van der Waals surface area contributed by atoms with Gasteiger partial charge in [0.25, 0.3) is 0 Å². The van der Waals surface area contributed by atoms with E-state index in [1.165, 1.54) is 6.07 Å². The third kappa shape index (κ3) is 3.50. The van der Waals surface area contributed by atoms with Crippen LogP contribution >= 0.6 is 0 Å². The summed E-state index contributed by atoms with van der Waals surface area (Å²) in [5.41, 5.74) is 5.97. The van der Waals surface area contributed by atoms with Crippen LogP contribution < -0.4 is 11.1 Å². The Hall–Kier alpha value is -1.49. The highest BCUT2D eigenvalue weighted by Crippen LogP contribution is 2.33.